The van der Waals surface area contributed by atoms with Crippen molar-refractivity contribution in [3.8, 4) is 0 Å². The highest BCUT2D eigenvalue weighted by Gasteiger charge is 2.16. The number of hydrogen-bond donors (Lipinski definition) is 2. The smallest absolute Gasteiger partial charge is 0.241 e. The Balaban J connectivity index is 2.05. The van der Waals surface area contributed by atoms with Gasteiger partial charge in [0, 0.05) is 0 Å². The van der Waals surface area contributed by atoms with E-state index in [1.807, 2.05) is 56.3 Å². The van der Waals surface area contributed by atoms with E-state index in [4.69, 9.17) is 0 Å². The summed E-state index contributed by atoms with van der Waals surface area (Å²) < 4.78 is 24.0. The van der Waals surface area contributed by atoms with Gasteiger partial charge in [-0.25, -0.2) is 8.42 Å². The number of aryl methyl sites for hydroxylation is 1. The van der Waals surface area contributed by atoms with Crippen LogP contribution in [0.4, 0.5) is 5.69 Å². The lowest BCUT2D eigenvalue weighted by Crippen LogP contribution is -2.37. The van der Waals surface area contributed by atoms with Gasteiger partial charge in [0.15, 0.2) is 0 Å². The molecule has 0 spiro atoms. The van der Waals surface area contributed by atoms with Crippen molar-refractivity contribution in [2.24, 2.45) is 0 Å². The number of rotatable bonds is 6. The molecular weight excluding hydrogens is 312 g/mol. The minimum absolute atomic E-state index is 0.187. The van der Waals surface area contributed by atoms with E-state index in [9.17, 15) is 13.2 Å². The van der Waals surface area contributed by atoms with Crippen molar-refractivity contribution in [3.63, 3.8) is 0 Å². The van der Waals surface area contributed by atoms with Gasteiger partial charge in [0.05, 0.1) is 11.7 Å². The summed E-state index contributed by atoms with van der Waals surface area (Å²) in [5.74, 6) is -0.346. The van der Waals surface area contributed by atoms with Gasteiger partial charge in [-0.05, 0) is 31.5 Å². The standard InChI is InChI=1S/C17H20N2O3S/c1-13-8-10-16(11-9-13)19(23(21)22)12-17(20)18-14(2)15-6-4-3-5-7-15/h3-11,14,23H,12H2,1-2H3,(H,18,20). The molecule has 0 saturated heterocycles. The van der Waals surface area contributed by atoms with Crippen LogP contribution in [0.2, 0.25) is 0 Å². The van der Waals surface area contributed by atoms with Crippen LogP contribution in [0.3, 0.4) is 0 Å². The lowest BCUT2D eigenvalue weighted by Gasteiger charge is -2.20. The zero-order valence-corrected chi connectivity index (χ0v) is 14.0. The first-order chi connectivity index (χ1) is 11.0. The number of hydrogen-bond acceptors (Lipinski definition) is 3. The van der Waals surface area contributed by atoms with Crippen LogP contribution in [0.1, 0.15) is 24.1 Å². The molecule has 0 aliphatic rings. The third-order valence-electron chi connectivity index (χ3n) is 3.50. The van der Waals surface area contributed by atoms with Gasteiger partial charge in [-0.15, -0.1) is 0 Å². The molecule has 5 nitrogen and oxygen atoms in total. The number of thiol groups is 1. The number of carbonyl (C=O) groups is 1. The normalized spacial score (nSPS) is 12.0. The van der Waals surface area contributed by atoms with Crippen LogP contribution in [0.5, 0.6) is 0 Å². The van der Waals surface area contributed by atoms with Crippen molar-refractivity contribution in [1.29, 1.82) is 0 Å². The summed E-state index contributed by atoms with van der Waals surface area (Å²) in [6.45, 7) is 3.54. The second-order valence-corrected chi connectivity index (χ2v) is 6.29. The van der Waals surface area contributed by atoms with Crippen LogP contribution in [-0.2, 0) is 15.7 Å². The fourth-order valence-electron chi connectivity index (χ4n) is 2.21. The van der Waals surface area contributed by atoms with Crippen molar-refractivity contribution in [1.82, 2.24) is 5.32 Å². The zero-order chi connectivity index (χ0) is 16.8. The molecule has 2 rings (SSSR count). The molecule has 2 aromatic carbocycles. The van der Waals surface area contributed by atoms with Crippen molar-refractivity contribution >= 4 is 22.5 Å². The summed E-state index contributed by atoms with van der Waals surface area (Å²) in [6.07, 6.45) is 0. The van der Waals surface area contributed by atoms with Crippen molar-refractivity contribution < 1.29 is 13.2 Å². The maximum absolute atomic E-state index is 12.2. The maximum atomic E-state index is 12.2. The molecule has 6 heteroatoms. The average molecular weight is 332 g/mol. The highest BCUT2D eigenvalue weighted by molar-refractivity contribution is 7.74. The topological polar surface area (TPSA) is 66.5 Å². The van der Waals surface area contributed by atoms with Gasteiger partial charge in [0.2, 0.25) is 16.8 Å². The molecule has 1 N–H and O–H groups in total. The molecule has 1 amide bonds. The number of nitrogens with one attached hydrogen (secondary N) is 1. The van der Waals surface area contributed by atoms with Crippen LogP contribution in [0.15, 0.2) is 54.6 Å². The van der Waals surface area contributed by atoms with E-state index in [2.05, 4.69) is 5.32 Å². The summed E-state index contributed by atoms with van der Waals surface area (Å²) in [7, 11) is -2.89. The molecule has 0 bridgehead atoms. The second kappa shape index (κ2) is 7.78. The molecule has 0 heterocycles. The third kappa shape index (κ3) is 4.82. The molecule has 122 valence electrons. The Bertz CT molecular complexity index is 719. The molecule has 0 saturated carbocycles. The summed E-state index contributed by atoms with van der Waals surface area (Å²) in [5.41, 5.74) is 2.47. The Hall–Kier alpha value is -2.34. The van der Waals surface area contributed by atoms with E-state index < -0.39 is 10.9 Å². The minimum Gasteiger partial charge on any atom is -0.348 e. The number of carbonyl (C=O) groups excluding carboxylic acids is 1. The SMILES string of the molecule is Cc1ccc(N(CC(=O)NC(C)c2ccccc2)[SH](=O)=O)cc1. The first-order valence-electron chi connectivity index (χ1n) is 7.30. The molecule has 0 aliphatic heterocycles. The van der Waals surface area contributed by atoms with Gasteiger partial charge in [0.1, 0.15) is 6.54 Å². The lowest BCUT2D eigenvalue weighted by molar-refractivity contribution is -0.120. The first-order valence-corrected chi connectivity index (χ1v) is 8.43. The molecular formula is C17H20N2O3S. The van der Waals surface area contributed by atoms with Crippen LogP contribution in [0.25, 0.3) is 0 Å². The summed E-state index contributed by atoms with van der Waals surface area (Å²) >= 11 is 0. The number of amides is 1. The third-order valence-corrected chi connectivity index (χ3v) is 4.27. The Morgan fingerprint density at radius 1 is 1.09 bits per heavy atom. The van der Waals surface area contributed by atoms with Crippen molar-refractivity contribution in [2.45, 2.75) is 19.9 Å². The Kier molecular flexibility index (Phi) is 5.76. The number of anilines is 1. The van der Waals surface area contributed by atoms with Gasteiger partial charge in [0.25, 0.3) is 0 Å². The molecule has 0 fully saturated rings. The van der Waals surface area contributed by atoms with Crippen molar-refractivity contribution in [3.05, 3.63) is 65.7 Å². The highest BCUT2D eigenvalue weighted by atomic mass is 32.2. The molecule has 0 aromatic heterocycles. The zero-order valence-electron chi connectivity index (χ0n) is 13.1. The van der Waals surface area contributed by atoms with E-state index >= 15 is 0 Å². The summed E-state index contributed by atoms with van der Waals surface area (Å²) in [6, 6.07) is 16.3. The predicted octanol–water partition coefficient (Wildman–Crippen LogP) is 2.21. The highest BCUT2D eigenvalue weighted by Crippen LogP contribution is 2.16. The molecule has 0 radical (unpaired) electrons. The van der Waals surface area contributed by atoms with Gasteiger partial charge < -0.3 is 5.32 Å². The van der Waals surface area contributed by atoms with E-state index in [0.717, 1.165) is 15.4 Å². The monoisotopic (exact) mass is 332 g/mol. The molecule has 1 unspecified atom stereocenters. The van der Waals surface area contributed by atoms with E-state index in [-0.39, 0.29) is 18.5 Å². The van der Waals surface area contributed by atoms with E-state index in [1.54, 1.807) is 12.1 Å². The Morgan fingerprint density at radius 2 is 1.70 bits per heavy atom. The maximum Gasteiger partial charge on any atom is 0.241 e. The van der Waals surface area contributed by atoms with E-state index in [1.165, 1.54) is 0 Å². The summed E-state index contributed by atoms with van der Waals surface area (Å²) in [4.78, 5) is 12.2. The number of nitrogens with zero attached hydrogens (tertiary/aromatic N) is 1. The number of benzene rings is 2. The van der Waals surface area contributed by atoms with Gasteiger partial charge >= 0.3 is 0 Å². The van der Waals surface area contributed by atoms with Gasteiger partial charge in [-0.3, -0.25) is 9.10 Å². The molecule has 1 atom stereocenters. The fraction of sp³-hybridized carbons (Fsp3) is 0.235. The quantitative estimate of drug-likeness (QED) is 0.797. The van der Waals surface area contributed by atoms with Gasteiger partial charge in [-0.1, -0.05) is 48.0 Å². The summed E-state index contributed by atoms with van der Waals surface area (Å²) in [5, 5.41) is 2.81. The largest absolute Gasteiger partial charge is 0.348 e. The van der Waals surface area contributed by atoms with Crippen LogP contribution in [-0.4, -0.2) is 20.9 Å². The molecule has 2 aromatic rings. The van der Waals surface area contributed by atoms with Crippen LogP contribution >= 0.6 is 0 Å². The van der Waals surface area contributed by atoms with Crippen molar-refractivity contribution in [2.75, 3.05) is 10.8 Å². The lowest BCUT2D eigenvalue weighted by atomic mass is 10.1. The minimum atomic E-state index is -2.89. The fourth-order valence-corrected chi connectivity index (χ4v) is 2.77. The van der Waals surface area contributed by atoms with E-state index in [0.29, 0.717) is 5.69 Å². The predicted molar refractivity (Wildman–Crippen MR) is 91.8 cm³/mol. The van der Waals surface area contributed by atoms with Crippen LogP contribution < -0.4 is 9.62 Å². The van der Waals surface area contributed by atoms with Crippen LogP contribution in [0, 0.1) is 6.92 Å². The Labute approximate surface area is 138 Å². The molecule has 0 aliphatic carbocycles. The second-order valence-electron chi connectivity index (χ2n) is 5.33. The Morgan fingerprint density at radius 3 is 2.26 bits per heavy atom. The first kappa shape index (κ1) is 17.0. The molecule has 23 heavy (non-hydrogen) atoms. The average Bonchev–Trinajstić information content (AvgIpc) is 2.54. The van der Waals surface area contributed by atoms with Gasteiger partial charge in [-0.2, -0.15) is 0 Å².